The largest absolute Gasteiger partial charge is 0.472 e. The maximum absolute atomic E-state index is 12.9. The fraction of sp³-hybridized carbons (Fsp3) is 0.909. The summed E-state index contributed by atoms with van der Waals surface area (Å²) in [4.78, 5) is 23.2. The molecule has 64 heavy (non-hydrogen) atoms. The van der Waals surface area contributed by atoms with Gasteiger partial charge in [0.25, 0.3) is 0 Å². The summed E-state index contributed by atoms with van der Waals surface area (Å²) in [7, 11) is 1.58. The van der Waals surface area contributed by atoms with E-state index in [4.69, 9.17) is 9.05 Å². The second kappa shape index (κ2) is 47.1. The van der Waals surface area contributed by atoms with E-state index in [0.717, 1.165) is 38.5 Å². The van der Waals surface area contributed by atoms with Crippen molar-refractivity contribution in [3.05, 3.63) is 24.3 Å². The maximum atomic E-state index is 12.9. The first kappa shape index (κ1) is 63.0. The number of amides is 1. The molecule has 9 heteroatoms. The molecule has 8 nitrogen and oxygen atoms in total. The third kappa shape index (κ3) is 48.9. The van der Waals surface area contributed by atoms with Crippen LogP contribution in [0.15, 0.2) is 24.3 Å². The molecular weight excluding hydrogens is 816 g/mol. The number of carbonyl (C=O) groups is 1. The van der Waals surface area contributed by atoms with Gasteiger partial charge in [-0.25, -0.2) is 4.57 Å². The fourth-order valence-electron chi connectivity index (χ4n) is 8.27. The van der Waals surface area contributed by atoms with E-state index >= 15 is 0 Å². The third-order valence-electron chi connectivity index (χ3n) is 12.7. The minimum Gasteiger partial charge on any atom is -0.387 e. The second-order valence-corrected chi connectivity index (χ2v) is 21.8. The van der Waals surface area contributed by atoms with Crippen molar-refractivity contribution < 1.29 is 32.9 Å². The van der Waals surface area contributed by atoms with Crippen molar-refractivity contribution in [2.24, 2.45) is 0 Å². The fourth-order valence-corrected chi connectivity index (χ4v) is 9.01. The number of phosphoric acid groups is 1. The van der Waals surface area contributed by atoms with E-state index in [1.165, 1.54) is 212 Å². The summed E-state index contributed by atoms with van der Waals surface area (Å²) in [6.07, 6.45) is 58.5. The number of allylic oxidation sites excluding steroid dienone is 3. The number of nitrogens with zero attached hydrogens (tertiary/aromatic N) is 1. The zero-order valence-corrected chi connectivity index (χ0v) is 44.2. The molecule has 0 rings (SSSR count). The lowest BCUT2D eigenvalue weighted by atomic mass is 10.0. The zero-order valence-electron chi connectivity index (χ0n) is 43.3. The highest BCUT2D eigenvalue weighted by molar-refractivity contribution is 7.47. The summed E-state index contributed by atoms with van der Waals surface area (Å²) >= 11 is 0. The van der Waals surface area contributed by atoms with E-state index in [-0.39, 0.29) is 19.1 Å². The van der Waals surface area contributed by atoms with Crippen LogP contribution in [0, 0.1) is 0 Å². The molecule has 3 N–H and O–H groups in total. The van der Waals surface area contributed by atoms with E-state index < -0.39 is 20.0 Å². The summed E-state index contributed by atoms with van der Waals surface area (Å²) in [6, 6.07) is -0.844. The number of aliphatic hydroxyl groups excluding tert-OH is 1. The van der Waals surface area contributed by atoms with Crippen molar-refractivity contribution in [1.82, 2.24) is 5.32 Å². The quantitative estimate of drug-likeness (QED) is 0.0243. The van der Waals surface area contributed by atoms with Gasteiger partial charge in [0.15, 0.2) is 0 Å². The molecule has 0 aliphatic heterocycles. The van der Waals surface area contributed by atoms with E-state index in [1.807, 2.05) is 27.2 Å². The summed E-state index contributed by atoms with van der Waals surface area (Å²) < 4.78 is 23.7. The van der Waals surface area contributed by atoms with Crippen LogP contribution in [0.5, 0.6) is 0 Å². The van der Waals surface area contributed by atoms with Gasteiger partial charge in [0.2, 0.25) is 5.91 Å². The molecular formula is C55H110N2O6P+. The predicted molar refractivity (Wildman–Crippen MR) is 277 cm³/mol. The van der Waals surface area contributed by atoms with Crippen molar-refractivity contribution in [2.45, 2.75) is 283 Å². The molecule has 0 aromatic heterocycles. The molecule has 0 aromatic rings. The van der Waals surface area contributed by atoms with Gasteiger partial charge in [0.05, 0.1) is 39.9 Å². The van der Waals surface area contributed by atoms with Crippen molar-refractivity contribution in [3.63, 3.8) is 0 Å². The molecule has 0 heterocycles. The number of likely N-dealkylation sites (N-methyl/N-ethyl adjacent to an activating group) is 1. The van der Waals surface area contributed by atoms with Crippen LogP contribution in [-0.4, -0.2) is 73.4 Å². The van der Waals surface area contributed by atoms with Crippen LogP contribution in [0.3, 0.4) is 0 Å². The van der Waals surface area contributed by atoms with Gasteiger partial charge in [0.1, 0.15) is 13.2 Å². The zero-order chi connectivity index (χ0) is 47.1. The summed E-state index contributed by atoms with van der Waals surface area (Å²) in [6.45, 7) is 4.84. The molecule has 0 aliphatic carbocycles. The molecule has 3 atom stereocenters. The first-order valence-corrected chi connectivity index (χ1v) is 29.2. The minimum atomic E-state index is -4.34. The van der Waals surface area contributed by atoms with Gasteiger partial charge < -0.3 is 19.8 Å². The normalized spacial score (nSPS) is 14.2. The highest BCUT2D eigenvalue weighted by atomic mass is 31.2. The van der Waals surface area contributed by atoms with Crippen molar-refractivity contribution in [1.29, 1.82) is 0 Å². The third-order valence-corrected chi connectivity index (χ3v) is 13.6. The maximum Gasteiger partial charge on any atom is 0.472 e. The van der Waals surface area contributed by atoms with Gasteiger partial charge in [-0.15, -0.1) is 0 Å². The molecule has 0 bridgehead atoms. The average molecular weight is 926 g/mol. The summed E-state index contributed by atoms with van der Waals surface area (Å²) in [5, 5.41) is 13.9. The van der Waals surface area contributed by atoms with Crippen LogP contribution in [-0.2, 0) is 18.4 Å². The van der Waals surface area contributed by atoms with Gasteiger partial charge in [-0.05, 0) is 44.9 Å². The molecule has 0 saturated heterocycles. The first-order chi connectivity index (χ1) is 31.0. The molecule has 0 fully saturated rings. The van der Waals surface area contributed by atoms with E-state index in [0.29, 0.717) is 17.4 Å². The Labute approximate surface area is 398 Å². The lowest BCUT2D eigenvalue weighted by Gasteiger charge is -2.25. The van der Waals surface area contributed by atoms with E-state index in [1.54, 1.807) is 6.08 Å². The molecule has 0 radical (unpaired) electrons. The van der Waals surface area contributed by atoms with Crippen LogP contribution < -0.4 is 5.32 Å². The van der Waals surface area contributed by atoms with Gasteiger partial charge in [0, 0.05) is 6.42 Å². The molecule has 0 spiro atoms. The van der Waals surface area contributed by atoms with Crippen molar-refractivity contribution in [2.75, 3.05) is 40.9 Å². The van der Waals surface area contributed by atoms with Crippen molar-refractivity contribution >= 4 is 13.7 Å². The molecule has 1 amide bonds. The predicted octanol–water partition coefficient (Wildman–Crippen LogP) is 16.4. The van der Waals surface area contributed by atoms with E-state index in [2.05, 4.69) is 31.3 Å². The number of aliphatic hydroxyl groups is 1. The topological polar surface area (TPSA) is 105 Å². The Hall–Kier alpha value is -1.02. The Bertz CT molecular complexity index is 1090. The van der Waals surface area contributed by atoms with Crippen LogP contribution in [0.4, 0.5) is 0 Å². The second-order valence-electron chi connectivity index (χ2n) is 20.3. The Morgan fingerprint density at radius 3 is 1.20 bits per heavy atom. The highest BCUT2D eigenvalue weighted by Crippen LogP contribution is 2.43. The van der Waals surface area contributed by atoms with E-state index in [9.17, 15) is 19.4 Å². The number of hydrogen-bond donors (Lipinski definition) is 3. The molecule has 0 aromatic carbocycles. The Kier molecular flexibility index (Phi) is 46.3. The van der Waals surface area contributed by atoms with Crippen LogP contribution in [0.25, 0.3) is 0 Å². The monoisotopic (exact) mass is 926 g/mol. The summed E-state index contributed by atoms with van der Waals surface area (Å²) in [5.41, 5.74) is 0. The molecule has 3 unspecified atom stereocenters. The number of phosphoric ester groups is 1. The number of hydrogen-bond acceptors (Lipinski definition) is 5. The molecule has 0 aliphatic rings. The average Bonchev–Trinajstić information content (AvgIpc) is 3.25. The number of carbonyl (C=O) groups excluding carboxylic acids is 1. The van der Waals surface area contributed by atoms with Gasteiger partial charge in [-0.1, -0.05) is 244 Å². The van der Waals surface area contributed by atoms with Gasteiger partial charge >= 0.3 is 7.82 Å². The molecule has 0 saturated carbocycles. The SMILES string of the molecule is CCCCCCCCCCCCCC/C=C\CCCCCCCCCCCCCCC(=O)NC(COP(=O)(O)OCC[N+](C)(C)C)C(O)/C=C/CCCCCCCCCCCCCC. The standard InChI is InChI=1S/C55H109N2O6P/c1-6-8-10-12-14-16-18-20-22-23-24-25-26-27-28-29-30-31-32-33-34-35-37-39-41-43-45-47-49-55(59)56-53(52-63-64(60,61)62-51-50-57(3,4)5)54(58)48-46-44-42-40-38-36-21-19-17-15-13-11-9-7-2/h27-28,46,48,53-54,58H,6-26,29-45,47,49-52H2,1-5H3,(H-,56,59,60,61)/p+1/b28-27-,48-46+. The number of rotatable bonds is 51. The smallest absolute Gasteiger partial charge is 0.387 e. The van der Waals surface area contributed by atoms with Crippen LogP contribution in [0.2, 0.25) is 0 Å². The highest BCUT2D eigenvalue weighted by Gasteiger charge is 2.27. The lowest BCUT2D eigenvalue weighted by molar-refractivity contribution is -0.870. The van der Waals surface area contributed by atoms with Crippen molar-refractivity contribution in [3.8, 4) is 0 Å². The Morgan fingerprint density at radius 1 is 0.516 bits per heavy atom. The number of unbranched alkanes of at least 4 members (excludes halogenated alkanes) is 36. The van der Waals surface area contributed by atoms with Crippen LogP contribution >= 0.6 is 7.82 Å². The number of nitrogens with one attached hydrogen (secondary N) is 1. The van der Waals surface area contributed by atoms with Gasteiger partial charge in [-0.2, -0.15) is 0 Å². The Balaban J connectivity index is 4.11. The molecule has 380 valence electrons. The number of quaternary nitrogens is 1. The first-order valence-electron chi connectivity index (χ1n) is 27.7. The summed E-state index contributed by atoms with van der Waals surface area (Å²) in [5.74, 6) is -0.174. The van der Waals surface area contributed by atoms with Crippen LogP contribution in [0.1, 0.15) is 271 Å². The van der Waals surface area contributed by atoms with Gasteiger partial charge in [-0.3, -0.25) is 13.8 Å². The minimum absolute atomic E-state index is 0.0631. The Morgan fingerprint density at radius 2 is 0.844 bits per heavy atom. The lowest BCUT2D eigenvalue weighted by Crippen LogP contribution is -2.45.